The van der Waals surface area contributed by atoms with Crippen molar-refractivity contribution in [2.45, 2.75) is 12.8 Å². The Kier molecular flexibility index (Phi) is 5.56. The quantitative estimate of drug-likeness (QED) is 0.896. The van der Waals surface area contributed by atoms with Gasteiger partial charge in [-0.15, -0.1) is 12.4 Å². The van der Waals surface area contributed by atoms with Crippen LogP contribution >= 0.6 is 12.4 Å². The third-order valence-corrected chi connectivity index (χ3v) is 3.21. The van der Waals surface area contributed by atoms with Crippen LogP contribution in [0.1, 0.15) is 23.2 Å². The van der Waals surface area contributed by atoms with Gasteiger partial charge in [0.15, 0.2) is 0 Å². The lowest BCUT2D eigenvalue weighted by molar-refractivity contribution is 0.0677. The van der Waals surface area contributed by atoms with Gasteiger partial charge in [-0.2, -0.15) is 0 Å². The largest absolute Gasteiger partial charge is 0.338 e. The van der Waals surface area contributed by atoms with Crippen LogP contribution in [-0.4, -0.2) is 30.4 Å². The van der Waals surface area contributed by atoms with E-state index < -0.39 is 0 Å². The highest BCUT2D eigenvalue weighted by Crippen LogP contribution is 2.18. The van der Waals surface area contributed by atoms with Crippen LogP contribution in [0.3, 0.4) is 0 Å². The second-order valence-electron chi connectivity index (χ2n) is 4.51. The number of carbonyl (C=O) groups excluding carboxylic acids is 1. The molecule has 0 radical (unpaired) electrons. The topological polar surface area (TPSA) is 46.3 Å². The number of piperidine rings is 1. The van der Waals surface area contributed by atoms with Gasteiger partial charge in [-0.3, -0.25) is 4.79 Å². The van der Waals surface area contributed by atoms with Gasteiger partial charge in [0, 0.05) is 18.7 Å². The average Bonchev–Trinajstić information content (AvgIpc) is 2.38. The second-order valence-corrected chi connectivity index (χ2v) is 4.51. The van der Waals surface area contributed by atoms with Crippen molar-refractivity contribution in [3.05, 3.63) is 35.6 Å². The summed E-state index contributed by atoms with van der Waals surface area (Å²) in [6, 6.07) is 5.84. The van der Waals surface area contributed by atoms with Gasteiger partial charge in [-0.05, 0) is 43.5 Å². The maximum Gasteiger partial charge on any atom is 0.253 e. The highest BCUT2D eigenvalue weighted by Gasteiger charge is 2.23. The minimum Gasteiger partial charge on any atom is -0.338 e. The van der Waals surface area contributed by atoms with Gasteiger partial charge in [0.2, 0.25) is 0 Å². The molecule has 0 aromatic heterocycles. The average molecular weight is 273 g/mol. The van der Waals surface area contributed by atoms with E-state index in [-0.39, 0.29) is 24.1 Å². The van der Waals surface area contributed by atoms with Crippen molar-refractivity contribution in [3.63, 3.8) is 0 Å². The van der Waals surface area contributed by atoms with Crippen LogP contribution in [-0.2, 0) is 0 Å². The van der Waals surface area contributed by atoms with Crippen LogP contribution in [0.4, 0.5) is 4.39 Å². The number of hydrogen-bond acceptors (Lipinski definition) is 2. The molecule has 0 aliphatic carbocycles. The fourth-order valence-electron chi connectivity index (χ4n) is 2.25. The Morgan fingerprint density at radius 3 is 2.94 bits per heavy atom. The van der Waals surface area contributed by atoms with Crippen molar-refractivity contribution in [1.82, 2.24) is 4.90 Å². The van der Waals surface area contributed by atoms with Crippen LogP contribution in [0.5, 0.6) is 0 Å². The summed E-state index contributed by atoms with van der Waals surface area (Å²) < 4.78 is 13.0. The van der Waals surface area contributed by atoms with Crippen LogP contribution in [0, 0.1) is 11.7 Å². The molecule has 1 unspecified atom stereocenters. The van der Waals surface area contributed by atoms with Crippen molar-refractivity contribution >= 4 is 18.3 Å². The van der Waals surface area contributed by atoms with Gasteiger partial charge >= 0.3 is 0 Å². The Morgan fingerprint density at radius 2 is 2.28 bits per heavy atom. The van der Waals surface area contributed by atoms with Crippen molar-refractivity contribution in [1.29, 1.82) is 0 Å². The van der Waals surface area contributed by atoms with E-state index in [1.807, 2.05) is 0 Å². The lowest BCUT2D eigenvalue weighted by atomic mass is 9.97. The molecular weight excluding hydrogens is 255 g/mol. The Morgan fingerprint density at radius 1 is 1.50 bits per heavy atom. The molecule has 0 spiro atoms. The number of nitrogens with zero attached hydrogens (tertiary/aromatic N) is 1. The van der Waals surface area contributed by atoms with Crippen LogP contribution in [0.2, 0.25) is 0 Å². The number of nitrogens with two attached hydrogens (primary N) is 1. The van der Waals surface area contributed by atoms with Crippen LogP contribution < -0.4 is 5.73 Å². The maximum atomic E-state index is 13.0. The van der Waals surface area contributed by atoms with Gasteiger partial charge in [0.25, 0.3) is 5.91 Å². The first-order chi connectivity index (χ1) is 8.20. The highest BCUT2D eigenvalue weighted by molar-refractivity contribution is 5.94. The predicted octanol–water partition coefficient (Wildman–Crippen LogP) is 2.06. The number of benzene rings is 1. The van der Waals surface area contributed by atoms with E-state index >= 15 is 0 Å². The summed E-state index contributed by atoms with van der Waals surface area (Å²) >= 11 is 0. The van der Waals surface area contributed by atoms with Crippen LogP contribution in [0.15, 0.2) is 24.3 Å². The third-order valence-electron chi connectivity index (χ3n) is 3.21. The Labute approximate surface area is 113 Å². The zero-order valence-corrected chi connectivity index (χ0v) is 11.0. The molecule has 2 rings (SSSR count). The summed E-state index contributed by atoms with van der Waals surface area (Å²) in [4.78, 5) is 13.9. The van der Waals surface area contributed by atoms with E-state index in [9.17, 15) is 9.18 Å². The molecule has 5 heteroatoms. The first kappa shape index (κ1) is 14.9. The van der Waals surface area contributed by atoms with E-state index in [4.69, 9.17) is 5.73 Å². The first-order valence-electron chi connectivity index (χ1n) is 5.95. The van der Waals surface area contributed by atoms with Gasteiger partial charge in [-0.25, -0.2) is 4.39 Å². The summed E-state index contributed by atoms with van der Waals surface area (Å²) in [5, 5.41) is 0. The van der Waals surface area contributed by atoms with Crippen molar-refractivity contribution in [3.8, 4) is 0 Å². The number of likely N-dealkylation sites (tertiary alicyclic amines) is 1. The molecule has 2 N–H and O–H groups in total. The zero-order valence-electron chi connectivity index (χ0n) is 10.1. The summed E-state index contributed by atoms with van der Waals surface area (Å²) in [5.74, 6) is -0.0906. The summed E-state index contributed by atoms with van der Waals surface area (Å²) in [6.07, 6.45) is 2.05. The van der Waals surface area contributed by atoms with Crippen LogP contribution in [0.25, 0.3) is 0 Å². The van der Waals surface area contributed by atoms with E-state index in [0.29, 0.717) is 24.6 Å². The molecular formula is C13H18ClFN2O. The zero-order chi connectivity index (χ0) is 12.3. The standard InChI is InChI=1S/C13H17FN2O.ClH/c14-12-5-1-4-11(7-12)13(17)16-6-2-3-10(8-15)9-16;/h1,4-5,7,10H,2-3,6,8-9,15H2;1H. The number of amides is 1. The molecule has 18 heavy (non-hydrogen) atoms. The second kappa shape index (κ2) is 6.71. The van der Waals surface area contributed by atoms with Gasteiger partial charge < -0.3 is 10.6 Å². The SMILES string of the molecule is Cl.NCC1CCCN(C(=O)c2cccc(F)c2)C1. The summed E-state index contributed by atoms with van der Waals surface area (Å²) in [6.45, 7) is 2.03. The number of carbonyl (C=O) groups is 1. The van der Waals surface area contributed by atoms with Crippen molar-refractivity contribution in [2.75, 3.05) is 19.6 Å². The normalized spacial score (nSPS) is 19.2. The molecule has 1 atom stereocenters. The monoisotopic (exact) mass is 272 g/mol. The Balaban J connectivity index is 0.00000162. The van der Waals surface area contributed by atoms with Gasteiger partial charge in [0.1, 0.15) is 5.82 Å². The number of halogens is 2. The molecule has 1 aromatic carbocycles. The molecule has 3 nitrogen and oxygen atoms in total. The minimum atomic E-state index is -0.372. The van der Waals surface area contributed by atoms with Gasteiger partial charge in [-0.1, -0.05) is 6.07 Å². The Bertz CT molecular complexity index is 414. The van der Waals surface area contributed by atoms with Crippen molar-refractivity contribution in [2.24, 2.45) is 11.7 Å². The molecule has 0 saturated carbocycles. The molecule has 1 aromatic rings. The molecule has 1 aliphatic rings. The molecule has 100 valence electrons. The molecule has 1 heterocycles. The maximum absolute atomic E-state index is 13.0. The third kappa shape index (κ3) is 3.43. The van der Waals surface area contributed by atoms with Crippen molar-refractivity contribution < 1.29 is 9.18 Å². The fourth-order valence-corrected chi connectivity index (χ4v) is 2.25. The number of rotatable bonds is 2. The molecule has 1 saturated heterocycles. The first-order valence-corrected chi connectivity index (χ1v) is 5.95. The van der Waals surface area contributed by atoms with E-state index in [1.165, 1.54) is 12.1 Å². The lowest BCUT2D eigenvalue weighted by Gasteiger charge is -2.32. The molecule has 1 amide bonds. The van der Waals surface area contributed by atoms with E-state index in [2.05, 4.69) is 0 Å². The predicted molar refractivity (Wildman–Crippen MR) is 71.3 cm³/mol. The Hall–Kier alpha value is -1.13. The molecule has 1 fully saturated rings. The van der Waals surface area contributed by atoms with E-state index in [1.54, 1.807) is 17.0 Å². The smallest absolute Gasteiger partial charge is 0.253 e. The minimum absolute atomic E-state index is 0. The summed E-state index contributed by atoms with van der Waals surface area (Å²) in [5.41, 5.74) is 6.05. The molecule has 0 bridgehead atoms. The van der Waals surface area contributed by atoms with E-state index in [0.717, 1.165) is 19.4 Å². The summed E-state index contributed by atoms with van der Waals surface area (Å²) in [7, 11) is 0. The number of hydrogen-bond donors (Lipinski definition) is 1. The lowest BCUT2D eigenvalue weighted by Crippen LogP contribution is -2.42. The molecule has 1 aliphatic heterocycles. The highest BCUT2D eigenvalue weighted by atomic mass is 35.5. The fraction of sp³-hybridized carbons (Fsp3) is 0.462. The van der Waals surface area contributed by atoms with Gasteiger partial charge in [0.05, 0.1) is 0 Å².